The zero-order valence-electron chi connectivity index (χ0n) is 17.2. The van der Waals surface area contributed by atoms with Crippen LogP contribution in [0.25, 0.3) is 11.0 Å². The summed E-state index contributed by atoms with van der Waals surface area (Å²) in [6, 6.07) is 17.1. The fraction of sp³-hybridized carbons (Fsp3) is 0.167. The van der Waals surface area contributed by atoms with Gasteiger partial charge in [0.25, 0.3) is 11.8 Å². The number of hydrogen-bond donors (Lipinski definition) is 1. The predicted octanol–water partition coefficient (Wildman–Crippen LogP) is 3.16. The van der Waals surface area contributed by atoms with E-state index in [1.165, 1.54) is 6.07 Å². The highest BCUT2D eigenvalue weighted by atomic mass is 19.1. The molecule has 0 saturated heterocycles. The van der Waals surface area contributed by atoms with Gasteiger partial charge < -0.3 is 14.8 Å². The molecule has 3 heterocycles. The van der Waals surface area contributed by atoms with Crippen molar-refractivity contribution < 1.29 is 14.0 Å². The summed E-state index contributed by atoms with van der Waals surface area (Å²) >= 11 is 0. The number of halogens is 1. The largest absolute Gasteiger partial charge is 0.348 e. The van der Waals surface area contributed by atoms with Gasteiger partial charge in [0, 0.05) is 37.0 Å². The number of fused-ring (bicyclic) bond motifs is 3. The minimum Gasteiger partial charge on any atom is -0.348 e. The zero-order chi connectivity index (χ0) is 22.1. The average molecular weight is 429 g/mol. The van der Waals surface area contributed by atoms with Gasteiger partial charge >= 0.3 is 0 Å². The molecule has 2 aromatic heterocycles. The van der Waals surface area contributed by atoms with Gasteiger partial charge in [-0.1, -0.05) is 24.3 Å². The van der Waals surface area contributed by atoms with Crippen LogP contribution in [0.2, 0.25) is 0 Å². The molecule has 0 atom stereocenters. The summed E-state index contributed by atoms with van der Waals surface area (Å²) in [7, 11) is 0. The number of imidazole rings is 1. The quantitative estimate of drug-likeness (QED) is 0.529. The van der Waals surface area contributed by atoms with Crippen LogP contribution in [-0.2, 0) is 19.6 Å². The van der Waals surface area contributed by atoms with Gasteiger partial charge in [0.2, 0.25) is 0 Å². The van der Waals surface area contributed by atoms with E-state index in [1.54, 1.807) is 47.5 Å². The normalized spacial score (nSPS) is 13.3. The third kappa shape index (κ3) is 3.71. The molecule has 160 valence electrons. The highest BCUT2D eigenvalue weighted by molar-refractivity contribution is 6.00. The summed E-state index contributed by atoms with van der Waals surface area (Å²) < 4.78 is 15.7. The summed E-state index contributed by atoms with van der Waals surface area (Å²) in [5.41, 5.74) is 3.02. The number of rotatable bonds is 5. The lowest BCUT2D eigenvalue weighted by atomic mass is 10.1. The van der Waals surface area contributed by atoms with Crippen molar-refractivity contribution in [1.29, 1.82) is 0 Å². The number of benzene rings is 2. The summed E-state index contributed by atoms with van der Waals surface area (Å²) in [4.78, 5) is 36.1. The smallest absolute Gasteiger partial charge is 0.290 e. The van der Waals surface area contributed by atoms with E-state index in [1.807, 2.05) is 22.8 Å². The second-order valence-electron chi connectivity index (χ2n) is 7.61. The Hall–Kier alpha value is -4.07. The van der Waals surface area contributed by atoms with Crippen LogP contribution < -0.4 is 5.32 Å². The molecule has 7 nitrogen and oxygen atoms in total. The van der Waals surface area contributed by atoms with E-state index >= 15 is 0 Å². The van der Waals surface area contributed by atoms with Gasteiger partial charge in [-0.05, 0) is 36.4 Å². The molecular weight excluding hydrogens is 409 g/mol. The Morgan fingerprint density at radius 1 is 1.06 bits per heavy atom. The highest BCUT2D eigenvalue weighted by Crippen LogP contribution is 2.23. The fourth-order valence-corrected chi connectivity index (χ4v) is 3.88. The van der Waals surface area contributed by atoms with Gasteiger partial charge in [-0.15, -0.1) is 0 Å². The maximum Gasteiger partial charge on any atom is 0.290 e. The van der Waals surface area contributed by atoms with Crippen molar-refractivity contribution in [2.75, 3.05) is 6.54 Å². The van der Waals surface area contributed by atoms with Crippen molar-refractivity contribution in [2.24, 2.45) is 0 Å². The molecule has 0 saturated carbocycles. The first-order valence-corrected chi connectivity index (χ1v) is 10.3. The zero-order valence-corrected chi connectivity index (χ0v) is 17.2. The van der Waals surface area contributed by atoms with E-state index in [0.29, 0.717) is 42.1 Å². The fourth-order valence-electron chi connectivity index (χ4n) is 3.88. The predicted molar refractivity (Wildman–Crippen MR) is 116 cm³/mol. The molecule has 1 N–H and O–H groups in total. The second kappa shape index (κ2) is 8.22. The van der Waals surface area contributed by atoms with Gasteiger partial charge in [-0.25, -0.2) is 9.37 Å². The minimum atomic E-state index is -0.362. The van der Waals surface area contributed by atoms with Crippen LogP contribution in [0, 0.1) is 5.82 Å². The van der Waals surface area contributed by atoms with Crippen molar-refractivity contribution >= 4 is 22.8 Å². The van der Waals surface area contributed by atoms with Crippen LogP contribution in [-0.4, -0.2) is 37.8 Å². The lowest BCUT2D eigenvalue weighted by Crippen LogP contribution is -2.40. The van der Waals surface area contributed by atoms with Crippen LogP contribution in [0.4, 0.5) is 4.39 Å². The minimum absolute atomic E-state index is 0.0875. The summed E-state index contributed by atoms with van der Waals surface area (Å²) in [6.45, 7) is 1.68. The Kier molecular flexibility index (Phi) is 5.10. The molecule has 2 amide bonds. The van der Waals surface area contributed by atoms with E-state index in [4.69, 9.17) is 0 Å². The molecule has 0 radical (unpaired) electrons. The second-order valence-corrected chi connectivity index (χ2v) is 7.61. The van der Waals surface area contributed by atoms with Gasteiger partial charge in [0.1, 0.15) is 5.82 Å². The van der Waals surface area contributed by atoms with E-state index < -0.39 is 0 Å². The Morgan fingerprint density at radius 2 is 1.91 bits per heavy atom. The molecule has 1 aliphatic heterocycles. The van der Waals surface area contributed by atoms with E-state index in [2.05, 4.69) is 15.3 Å². The molecular formula is C24H20FN5O2. The molecule has 0 spiro atoms. The van der Waals surface area contributed by atoms with Crippen LogP contribution in [0.15, 0.2) is 66.9 Å². The molecule has 0 unspecified atom stereocenters. The molecule has 5 rings (SSSR count). The Bertz CT molecular complexity index is 1320. The lowest BCUT2D eigenvalue weighted by molar-refractivity contribution is 0.0682. The van der Waals surface area contributed by atoms with Gasteiger partial charge in [-0.2, -0.15) is 0 Å². The monoisotopic (exact) mass is 429 g/mol. The number of carbonyl (C=O) groups is 2. The van der Waals surface area contributed by atoms with Gasteiger partial charge in [0.05, 0.1) is 23.3 Å². The lowest BCUT2D eigenvalue weighted by Gasteiger charge is -2.27. The third-order valence-corrected chi connectivity index (χ3v) is 5.56. The topological polar surface area (TPSA) is 80.1 Å². The number of amides is 2. The van der Waals surface area contributed by atoms with Gasteiger partial charge in [0.15, 0.2) is 5.82 Å². The van der Waals surface area contributed by atoms with Crippen molar-refractivity contribution in [3.8, 4) is 0 Å². The van der Waals surface area contributed by atoms with E-state index in [9.17, 15) is 14.0 Å². The van der Waals surface area contributed by atoms with Crippen molar-refractivity contribution in [3.05, 3.63) is 95.3 Å². The maximum atomic E-state index is 13.8. The van der Waals surface area contributed by atoms with Crippen molar-refractivity contribution in [1.82, 2.24) is 24.8 Å². The Labute approximate surface area is 183 Å². The van der Waals surface area contributed by atoms with Crippen LogP contribution in [0.3, 0.4) is 0 Å². The number of pyridine rings is 1. The SMILES string of the molecule is O=C(NCc1ccccc1F)c1ccc2c(c1)nc1n2CCN(Cc2ccccn2)C1=O. The number of nitrogens with zero attached hydrogens (tertiary/aromatic N) is 4. The number of carbonyl (C=O) groups excluding carboxylic acids is 2. The summed E-state index contributed by atoms with van der Waals surface area (Å²) in [6.07, 6.45) is 1.71. The first kappa shape index (κ1) is 19.9. The van der Waals surface area contributed by atoms with Crippen molar-refractivity contribution in [2.45, 2.75) is 19.6 Å². The summed E-state index contributed by atoms with van der Waals surface area (Å²) in [5, 5.41) is 2.73. The van der Waals surface area contributed by atoms with E-state index in [-0.39, 0.29) is 24.2 Å². The number of aromatic nitrogens is 3. The Balaban J connectivity index is 1.35. The van der Waals surface area contributed by atoms with E-state index in [0.717, 1.165) is 11.2 Å². The molecule has 4 aromatic rings. The van der Waals surface area contributed by atoms with Crippen LogP contribution in [0.1, 0.15) is 32.2 Å². The van der Waals surface area contributed by atoms with Gasteiger partial charge in [-0.3, -0.25) is 14.6 Å². The molecule has 0 bridgehead atoms. The molecule has 1 aliphatic rings. The average Bonchev–Trinajstić information content (AvgIpc) is 3.19. The highest BCUT2D eigenvalue weighted by Gasteiger charge is 2.28. The standard InChI is InChI=1S/C24H20FN5O2/c25-19-7-2-1-5-17(19)14-27-23(31)16-8-9-21-20(13-16)28-22-24(32)29(11-12-30(21)22)15-18-6-3-4-10-26-18/h1-10,13H,11-12,14-15H2,(H,27,31). The molecule has 0 fully saturated rings. The van der Waals surface area contributed by atoms with Crippen LogP contribution >= 0.6 is 0 Å². The first-order valence-electron chi connectivity index (χ1n) is 10.3. The molecule has 8 heteroatoms. The maximum absolute atomic E-state index is 13.8. The number of nitrogens with one attached hydrogen (secondary N) is 1. The molecule has 2 aromatic carbocycles. The summed E-state index contributed by atoms with van der Waals surface area (Å²) in [5.74, 6) is -0.502. The first-order chi connectivity index (χ1) is 15.6. The molecule has 0 aliphatic carbocycles. The van der Waals surface area contributed by atoms with Crippen LogP contribution in [0.5, 0.6) is 0 Å². The third-order valence-electron chi connectivity index (χ3n) is 5.56. The number of hydrogen-bond acceptors (Lipinski definition) is 4. The molecule has 32 heavy (non-hydrogen) atoms. The van der Waals surface area contributed by atoms with Crippen molar-refractivity contribution in [3.63, 3.8) is 0 Å². The Morgan fingerprint density at radius 3 is 2.72 bits per heavy atom.